The number of carbonyl (C=O) groups is 2. The Balaban J connectivity index is 2.78. The molecule has 3 nitrogen and oxygen atoms in total. The Labute approximate surface area is 78.1 Å². The van der Waals surface area contributed by atoms with Gasteiger partial charge in [0.25, 0.3) is 0 Å². The minimum Gasteiger partial charge on any atom is -0.475 e. The number of aliphatic carboxylic acids is 1. The van der Waals surface area contributed by atoms with Crippen LogP contribution in [-0.4, -0.2) is 16.9 Å². The van der Waals surface area contributed by atoms with Crippen LogP contribution >= 0.6 is 0 Å². The monoisotopic (exact) mass is 184 g/mol. The molecule has 0 amide bonds. The third kappa shape index (κ3) is 1.90. The number of Topliss-reactive ketones (excluding diaryl/α,β-unsaturated/α-hetero) is 1. The van der Waals surface area contributed by atoms with E-state index in [4.69, 9.17) is 5.11 Å². The molecule has 0 spiro atoms. The van der Waals surface area contributed by atoms with E-state index < -0.39 is 17.2 Å². The first kappa shape index (κ1) is 10.2. The van der Waals surface area contributed by atoms with Crippen LogP contribution in [0.15, 0.2) is 0 Å². The fourth-order valence-electron chi connectivity index (χ4n) is 2.20. The van der Waals surface area contributed by atoms with Crippen LogP contribution in [0, 0.1) is 5.41 Å². The molecule has 0 atom stereocenters. The van der Waals surface area contributed by atoms with Crippen molar-refractivity contribution in [3.8, 4) is 0 Å². The lowest BCUT2D eigenvalue weighted by Gasteiger charge is -2.33. The molecule has 0 heterocycles. The highest BCUT2D eigenvalue weighted by molar-refractivity contribution is 6.34. The van der Waals surface area contributed by atoms with Crippen molar-refractivity contribution in [3.63, 3.8) is 0 Å². The second kappa shape index (κ2) is 3.90. The van der Waals surface area contributed by atoms with Gasteiger partial charge in [-0.05, 0) is 19.3 Å². The summed E-state index contributed by atoms with van der Waals surface area (Å²) in [7, 11) is 0. The predicted molar refractivity (Wildman–Crippen MR) is 48.5 cm³/mol. The molecule has 1 aliphatic rings. The predicted octanol–water partition coefficient (Wildman–Crippen LogP) is 2.00. The zero-order chi connectivity index (χ0) is 9.90. The Morgan fingerprint density at radius 3 is 2.15 bits per heavy atom. The van der Waals surface area contributed by atoms with Crippen molar-refractivity contribution in [2.45, 2.75) is 45.4 Å². The van der Waals surface area contributed by atoms with E-state index in [0.29, 0.717) is 6.42 Å². The average molecular weight is 184 g/mol. The summed E-state index contributed by atoms with van der Waals surface area (Å²) in [5, 5.41) is 8.68. The molecule has 0 bridgehead atoms. The summed E-state index contributed by atoms with van der Waals surface area (Å²) in [5.41, 5.74) is -0.538. The number of rotatable bonds is 3. The van der Waals surface area contributed by atoms with Crippen molar-refractivity contribution >= 4 is 11.8 Å². The normalized spacial score (nSPS) is 21.0. The van der Waals surface area contributed by atoms with Gasteiger partial charge in [0.15, 0.2) is 0 Å². The van der Waals surface area contributed by atoms with Gasteiger partial charge in [-0.15, -0.1) is 0 Å². The van der Waals surface area contributed by atoms with Crippen LogP contribution in [-0.2, 0) is 9.59 Å². The molecule has 13 heavy (non-hydrogen) atoms. The first-order valence-electron chi connectivity index (χ1n) is 4.90. The van der Waals surface area contributed by atoms with Gasteiger partial charge in [0.1, 0.15) is 0 Å². The lowest BCUT2D eigenvalue weighted by atomic mass is 9.69. The standard InChI is InChI=1S/C10H16O3/c1-2-10(8(11)9(12)13)6-4-3-5-7-10/h2-7H2,1H3,(H,12,13). The lowest BCUT2D eigenvalue weighted by Crippen LogP contribution is -2.37. The topological polar surface area (TPSA) is 54.4 Å². The maximum Gasteiger partial charge on any atom is 0.372 e. The summed E-state index contributed by atoms with van der Waals surface area (Å²) < 4.78 is 0. The van der Waals surface area contributed by atoms with Gasteiger partial charge < -0.3 is 5.11 Å². The molecule has 1 aliphatic carbocycles. The van der Waals surface area contributed by atoms with Crippen molar-refractivity contribution in [1.82, 2.24) is 0 Å². The van der Waals surface area contributed by atoms with Gasteiger partial charge in [-0.1, -0.05) is 26.2 Å². The summed E-state index contributed by atoms with van der Waals surface area (Å²) in [6, 6.07) is 0. The molecule has 74 valence electrons. The zero-order valence-corrected chi connectivity index (χ0v) is 8.01. The van der Waals surface area contributed by atoms with Crippen LogP contribution in [0.3, 0.4) is 0 Å². The van der Waals surface area contributed by atoms with E-state index in [1.807, 2.05) is 6.92 Å². The molecule has 0 radical (unpaired) electrons. The number of hydrogen-bond acceptors (Lipinski definition) is 2. The van der Waals surface area contributed by atoms with E-state index in [1.54, 1.807) is 0 Å². The van der Waals surface area contributed by atoms with Gasteiger partial charge in [0, 0.05) is 5.41 Å². The highest BCUT2D eigenvalue weighted by Crippen LogP contribution is 2.39. The number of carbonyl (C=O) groups excluding carboxylic acids is 1. The molecule has 0 aliphatic heterocycles. The Morgan fingerprint density at radius 1 is 1.23 bits per heavy atom. The van der Waals surface area contributed by atoms with E-state index in [1.165, 1.54) is 0 Å². The van der Waals surface area contributed by atoms with Crippen LogP contribution in [0.1, 0.15) is 45.4 Å². The molecule has 0 aromatic carbocycles. The smallest absolute Gasteiger partial charge is 0.372 e. The van der Waals surface area contributed by atoms with Gasteiger partial charge in [0.2, 0.25) is 5.78 Å². The number of ketones is 1. The Hall–Kier alpha value is -0.860. The SMILES string of the molecule is CCC1(C(=O)C(=O)O)CCCCC1. The Morgan fingerprint density at radius 2 is 1.77 bits per heavy atom. The second-order valence-corrected chi connectivity index (χ2v) is 3.83. The van der Waals surface area contributed by atoms with Gasteiger partial charge >= 0.3 is 5.97 Å². The highest BCUT2D eigenvalue weighted by atomic mass is 16.4. The van der Waals surface area contributed by atoms with Gasteiger partial charge in [0.05, 0.1) is 0 Å². The first-order chi connectivity index (χ1) is 6.12. The molecule has 0 aromatic heterocycles. The summed E-state index contributed by atoms with van der Waals surface area (Å²) in [4.78, 5) is 22.1. The Kier molecular flexibility index (Phi) is 3.07. The molecule has 0 saturated heterocycles. The van der Waals surface area contributed by atoms with Crippen LogP contribution in [0.2, 0.25) is 0 Å². The largest absolute Gasteiger partial charge is 0.475 e. The van der Waals surface area contributed by atoms with Crippen molar-refractivity contribution in [3.05, 3.63) is 0 Å². The molecule has 0 aromatic rings. The average Bonchev–Trinajstić information content (AvgIpc) is 2.17. The van der Waals surface area contributed by atoms with E-state index in [0.717, 1.165) is 32.1 Å². The second-order valence-electron chi connectivity index (χ2n) is 3.83. The minimum absolute atomic E-state index is 0.538. The number of hydrogen-bond donors (Lipinski definition) is 1. The van der Waals surface area contributed by atoms with Crippen molar-refractivity contribution < 1.29 is 14.7 Å². The molecule has 1 rings (SSSR count). The minimum atomic E-state index is -1.26. The number of carboxylic acids is 1. The molecular weight excluding hydrogens is 168 g/mol. The van der Waals surface area contributed by atoms with E-state index in [-0.39, 0.29) is 0 Å². The summed E-state index contributed by atoms with van der Waals surface area (Å²) in [6.07, 6.45) is 5.30. The van der Waals surface area contributed by atoms with E-state index in [9.17, 15) is 9.59 Å². The highest BCUT2D eigenvalue weighted by Gasteiger charge is 2.40. The molecule has 0 unspecified atom stereocenters. The van der Waals surface area contributed by atoms with Crippen molar-refractivity contribution in [2.75, 3.05) is 0 Å². The maximum absolute atomic E-state index is 11.5. The molecular formula is C10H16O3. The van der Waals surface area contributed by atoms with E-state index in [2.05, 4.69) is 0 Å². The van der Waals surface area contributed by atoms with Crippen LogP contribution in [0.4, 0.5) is 0 Å². The fraction of sp³-hybridized carbons (Fsp3) is 0.800. The third-order valence-electron chi connectivity index (χ3n) is 3.16. The summed E-state index contributed by atoms with van der Waals surface area (Å²) in [6.45, 7) is 1.91. The van der Waals surface area contributed by atoms with Crippen LogP contribution in [0.5, 0.6) is 0 Å². The first-order valence-corrected chi connectivity index (χ1v) is 4.90. The molecule has 3 heteroatoms. The molecule has 1 N–H and O–H groups in total. The van der Waals surface area contributed by atoms with Gasteiger partial charge in [-0.2, -0.15) is 0 Å². The summed E-state index contributed by atoms with van der Waals surface area (Å²) in [5.74, 6) is -1.83. The van der Waals surface area contributed by atoms with Crippen molar-refractivity contribution in [2.24, 2.45) is 5.41 Å². The molecule has 1 saturated carbocycles. The number of carboxylic acid groups (broad SMARTS) is 1. The van der Waals surface area contributed by atoms with Gasteiger partial charge in [-0.3, -0.25) is 4.79 Å². The summed E-state index contributed by atoms with van der Waals surface area (Å²) >= 11 is 0. The Bertz CT molecular complexity index is 214. The lowest BCUT2D eigenvalue weighted by molar-refractivity contribution is -0.155. The van der Waals surface area contributed by atoms with Crippen LogP contribution < -0.4 is 0 Å². The van der Waals surface area contributed by atoms with Gasteiger partial charge in [-0.25, -0.2) is 4.79 Å². The zero-order valence-electron chi connectivity index (χ0n) is 8.01. The quantitative estimate of drug-likeness (QED) is 0.682. The third-order valence-corrected chi connectivity index (χ3v) is 3.16. The van der Waals surface area contributed by atoms with E-state index >= 15 is 0 Å². The molecule has 1 fully saturated rings. The van der Waals surface area contributed by atoms with Crippen LogP contribution in [0.25, 0.3) is 0 Å². The van der Waals surface area contributed by atoms with Crippen molar-refractivity contribution in [1.29, 1.82) is 0 Å². The maximum atomic E-state index is 11.5. The fourth-order valence-corrected chi connectivity index (χ4v) is 2.20.